The van der Waals surface area contributed by atoms with Gasteiger partial charge >= 0.3 is 0 Å². The maximum atomic E-state index is 12.0. The van der Waals surface area contributed by atoms with Crippen LogP contribution in [0.1, 0.15) is 37.8 Å². The average Bonchev–Trinajstić information content (AvgIpc) is 2.95. The van der Waals surface area contributed by atoms with E-state index in [2.05, 4.69) is 23.4 Å². The van der Waals surface area contributed by atoms with Crippen LogP contribution in [0, 0.1) is 0 Å². The molecule has 1 aromatic heterocycles. The van der Waals surface area contributed by atoms with Crippen LogP contribution in [0.15, 0.2) is 36.7 Å². The van der Waals surface area contributed by atoms with E-state index in [-0.39, 0.29) is 11.9 Å². The van der Waals surface area contributed by atoms with Gasteiger partial charge in [-0.15, -0.1) is 0 Å². The Morgan fingerprint density at radius 2 is 2.18 bits per heavy atom. The molecule has 1 amide bonds. The number of nitrogens with zero attached hydrogens (tertiary/aromatic N) is 3. The van der Waals surface area contributed by atoms with Gasteiger partial charge in [0.1, 0.15) is 0 Å². The Labute approximate surface area is 130 Å². The first-order chi connectivity index (χ1) is 10.6. The highest BCUT2D eigenvalue weighted by atomic mass is 16.2. The van der Waals surface area contributed by atoms with Gasteiger partial charge in [0.2, 0.25) is 5.91 Å². The number of hydrogen-bond donors (Lipinski definition) is 1. The van der Waals surface area contributed by atoms with Crippen LogP contribution in [0.5, 0.6) is 0 Å². The van der Waals surface area contributed by atoms with Gasteiger partial charge in [0.05, 0.1) is 12.2 Å². The molecule has 2 heterocycles. The highest BCUT2D eigenvalue weighted by molar-refractivity contribution is 5.94. The van der Waals surface area contributed by atoms with Gasteiger partial charge in [0.15, 0.2) is 0 Å². The van der Waals surface area contributed by atoms with Crippen molar-refractivity contribution in [2.45, 2.75) is 32.2 Å². The van der Waals surface area contributed by atoms with Crippen molar-refractivity contribution < 1.29 is 4.79 Å². The highest BCUT2D eigenvalue weighted by Gasteiger charge is 2.19. The lowest BCUT2D eigenvalue weighted by molar-refractivity contribution is -0.119. The maximum absolute atomic E-state index is 12.0. The minimum absolute atomic E-state index is 0.168. The van der Waals surface area contributed by atoms with Crippen LogP contribution in [0.2, 0.25) is 0 Å². The Hall–Kier alpha value is -2.30. The lowest BCUT2D eigenvalue weighted by Gasteiger charge is -2.27. The van der Waals surface area contributed by atoms with Crippen LogP contribution in [-0.4, -0.2) is 22.2 Å². The Kier molecular flexibility index (Phi) is 4.13. The van der Waals surface area contributed by atoms with E-state index in [4.69, 9.17) is 0 Å². The SMILES string of the molecule is CC(Nc1cccc(N2CCCCC2=O)c1)c1cnn(C)c1. The van der Waals surface area contributed by atoms with E-state index in [1.165, 1.54) is 0 Å². The molecule has 0 radical (unpaired) electrons. The lowest BCUT2D eigenvalue weighted by atomic mass is 10.1. The molecule has 1 N–H and O–H groups in total. The molecule has 0 saturated carbocycles. The van der Waals surface area contributed by atoms with Crippen molar-refractivity contribution in [3.05, 3.63) is 42.2 Å². The van der Waals surface area contributed by atoms with Crippen molar-refractivity contribution >= 4 is 17.3 Å². The zero-order valence-electron chi connectivity index (χ0n) is 13.1. The summed E-state index contributed by atoms with van der Waals surface area (Å²) in [6.07, 6.45) is 6.62. The highest BCUT2D eigenvalue weighted by Crippen LogP contribution is 2.26. The van der Waals surface area contributed by atoms with Gasteiger partial charge in [-0.25, -0.2) is 0 Å². The minimum Gasteiger partial charge on any atom is -0.378 e. The lowest BCUT2D eigenvalue weighted by Crippen LogP contribution is -2.35. The molecular weight excluding hydrogens is 276 g/mol. The first-order valence-electron chi connectivity index (χ1n) is 7.79. The third-order valence-corrected chi connectivity index (χ3v) is 4.09. The number of aryl methyl sites for hydroxylation is 1. The summed E-state index contributed by atoms with van der Waals surface area (Å²) in [5, 5.41) is 7.68. The standard InChI is InChI=1S/C17H22N4O/c1-13(14-11-18-20(2)12-14)19-15-6-5-7-16(10-15)21-9-4-3-8-17(21)22/h5-7,10-13,19H,3-4,8-9H2,1-2H3. The molecule has 1 unspecified atom stereocenters. The van der Waals surface area contributed by atoms with Gasteiger partial charge in [-0.1, -0.05) is 6.07 Å². The molecule has 0 aliphatic carbocycles. The summed E-state index contributed by atoms with van der Waals surface area (Å²) < 4.78 is 1.80. The Bertz CT molecular complexity index is 664. The topological polar surface area (TPSA) is 50.2 Å². The Morgan fingerprint density at radius 3 is 2.91 bits per heavy atom. The van der Waals surface area contributed by atoms with Crippen LogP contribution >= 0.6 is 0 Å². The van der Waals surface area contributed by atoms with E-state index in [9.17, 15) is 4.79 Å². The molecule has 2 aromatic rings. The number of rotatable bonds is 4. The van der Waals surface area contributed by atoms with Crippen molar-refractivity contribution in [2.75, 3.05) is 16.8 Å². The fraction of sp³-hybridized carbons (Fsp3) is 0.412. The predicted molar refractivity (Wildman–Crippen MR) is 87.9 cm³/mol. The number of anilines is 2. The molecule has 0 bridgehead atoms. The summed E-state index contributed by atoms with van der Waals surface area (Å²) in [5.74, 6) is 0.226. The van der Waals surface area contributed by atoms with Gasteiger partial charge in [-0.05, 0) is 38.0 Å². The summed E-state index contributed by atoms with van der Waals surface area (Å²) >= 11 is 0. The number of carbonyl (C=O) groups is 1. The minimum atomic E-state index is 0.168. The van der Waals surface area contributed by atoms with Crippen LogP contribution in [0.4, 0.5) is 11.4 Å². The molecule has 116 valence electrons. The van der Waals surface area contributed by atoms with Crippen LogP contribution in [-0.2, 0) is 11.8 Å². The van der Waals surface area contributed by atoms with E-state index in [1.807, 2.05) is 42.5 Å². The van der Waals surface area contributed by atoms with Gasteiger partial charge in [0.25, 0.3) is 0 Å². The van der Waals surface area contributed by atoms with Crippen LogP contribution in [0.25, 0.3) is 0 Å². The van der Waals surface area contributed by atoms with Crippen molar-refractivity contribution in [3.8, 4) is 0 Å². The van der Waals surface area contributed by atoms with Crippen molar-refractivity contribution in [3.63, 3.8) is 0 Å². The molecular formula is C17H22N4O. The number of carbonyl (C=O) groups excluding carboxylic acids is 1. The predicted octanol–water partition coefficient (Wildman–Crippen LogP) is 3.11. The number of hydrogen-bond acceptors (Lipinski definition) is 3. The van der Waals surface area contributed by atoms with E-state index in [1.54, 1.807) is 4.68 Å². The Balaban J connectivity index is 1.75. The monoisotopic (exact) mass is 298 g/mol. The van der Waals surface area contributed by atoms with E-state index in [0.717, 1.165) is 36.3 Å². The quantitative estimate of drug-likeness (QED) is 0.943. The molecule has 5 heteroatoms. The zero-order valence-corrected chi connectivity index (χ0v) is 13.1. The first-order valence-corrected chi connectivity index (χ1v) is 7.79. The average molecular weight is 298 g/mol. The van der Waals surface area contributed by atoms with Crippen molar-refractivity contribution in [2.24, 2.45) is 7.05 Å². The molecule has 5 nitrogen and oxygen atoms in total. The fourth-order valence-corrected chi connectivity index (χ4v) is 2.84. The number of aromatic nitrogens is 2. The van der Waals surface area contributed by atoms with Gasteiger partial charge in [-0.3, -0.25) is 9.48 Å². The van der Waals surface area contributed by atoms with Crippen LogP contribution in [0.3, 0.4) is 0 Å². The zero-order chi connectivity index (χ0) is 15.5. The second-order valence-corrected chi connectivity index (χ2v) is 5.87. The number of amides is 1. The normalized spacial score (nSPS) is 16.6. The summed E-state index contributed by atoms with van der Waals surface area (Å²) in [6.45, 7) is 2.93. The van der Waals surface area contributed by atoms with Gasteiger partial charge in [-0.2, -0.15) is 5.10 Å². The molecule has 1 aliphatic rings. The number of piperidine rings is 1. The fourth-order valence-electron chi connectivity index (χ4n) is 2.84. The summed E-state index contributed by atoms with van der Waals surface area (Å²) in [6, 6.07) is 8.25. The third-order valence-electron chi connectivity index (χ3n) is 4.09. The van der Waals surface area contributed by atoms with E-state index >= 15 is 0 Å². The van der Waals surface area contributed by atoms with Crippen molar-refractivity contribution in [1.29, 1.82) is 0 Å². The molecule has 0 spiro atoms. The first kappa shape index (κ1) is 14.6. The largest absolute Gasteiger partial charge is 0.378 e. The molecule has 3 rings (SSSR count). The smallest absolute Gasteiger partial charge is 0.226 e. The Morgan fingerprint density at radius 1 is 1.32 bits per heavy atom. The number of nitrogens with one attached hydrogen (secondary N) is 1. The molecule has 1 saturated heterocycles. The molecule has 1 aliphatic heterocycles. The molecule has 1 aromatic carbocycles. The third kappa shape index (κ3) is 3.13. The molecule has 22 heavy (non-hydrogen) atoms. The summed E-state index contributed by atoms with van der Waals surface area (Å²) in [5.41, 5.74) is 3.14. The van der Waals surface area contributed by atoms with Crippen LogP contribution < -0.4 is 10.2 Å². The van der Waals surface area contributed by atoms with Gasteiger partial charge < -0.3 is 10.2 Å². The van der Waals surface area contributed by atoms with E-state index < -0.39 is 0 Å². The molecule has 1 fully saturated rings. The maximum Gasteiger partial charge on any atom is 0.226 e. The molecule has 1 atom stereocenters. The van der Waals surface area contributed by atoms with E-state index in [0.29, 0.717) is 6.42 Å². The number of benzene rings is 1. The second kappa shape index (κ2) is 6.22. The van der Waals surface area contributed by atoms with Gasteiger partial charge in [0, 0.05) is 43.1 Å². The summed E-state index contributed by atoms with van der Waals surface area (Å²) in [4.78, 5) is 13.9. The van der Waals surface area contributed by atoms with Crippen molar-refractivity contribution in [1.82, 2.24) is 9.78 Å². The summed E-state index contributed by atoms with van der Waals surface area (Å²) in [7, 11) is 1.92. The second-order valence-electron chi connectivity index (χ2n) is 5.87.